The first-order valence-electron chi connectivity index (χ1n) is 27.2. The number of piperazine rings is 1. The molecule has 2 bridgehead atoms. The second-order valence-electron chi connectivity index (χ2n) is 22.4. The lowest BCUT2D eigenvalue weighted by molar-refractivity contribution is -0.138. The maximum atomic E-state index is 17.3. The Morgan fingerprint density at radius 3 is 2.53 bits per heavy atom. The van der Waals surface area contributed by atoms with Crippen molar-refractivity contribution in [3.05, 3.63) is 88.0 Å². The summed E-state index contributed by atoms with van der Waals surface area (Å²) in [5.74, 6) is 0.974. The first-order chi connectivity index (χ1) is 37.3. The number of piperidine rings is 2. The highest BCUT2D eigenvalue weighted by Crippen LogP contribution is 2.46. The first kappa shape index (κ1) is 49.5. The van der Waals surface area contributed by atoms with Gasteiger partial charge in [-0.1, -0.05) is 42.3 Å². The van der Waals surface area contributed by atoms with Crippen LogP contribution in [0.2, 0.25) is 0 Å². The highest BCUT2D eigenvalue weighted by molar-refractivity contribution is 6.02. The normalized spacial score (nSPS) is 26.9. The van der Waals surface area contributed by atoms with E-state index >= 15 is 8.78 Å². The summed E-state index contributed by atoms with van der Waals surface area (Å²) >= 11 is 0. The van der Waals surface area contributed by atoms with Crippen molar-refractivity contribution in [2.45, 2.75) is 125 Å². The zero-order valence-corrected chi connectivity index (χ0v) is 42.9. The summed E-state index contributed by atoms with van der Waals surface area (Å²) in [7, 11) is 1.72. The molecule has 7 fully saturated rings. The van der Waals surface area contributed by atoms with Crippen LogP contribution in [0.25, 0.3) is 44.0 Å². The molecule has 18 nitrogen and oxygen atoms in total. The number of terminal acetylenes is 1. The highest BCUT2D eigenvalue weighted by Gasteiger charge is 2.53. The summed E-state index contributed by atoms with van der Waals surface area (Å²) in [5, 5.41) is 17.9. The monoisotopic (exact) mass is 1050 g/mol. The molecule has 13 rings (SSSR count). The van der Waals surface area contributed by atoms with E-state index in [9.17, 15) is 24.3 Å². The summed E-state index contributed by atoms with van der Waals surface area (Å²) in [5.41, 5.74) is 2.21. The first-order valence-corrected chi connectivity index (χ1v) is 27.2. The number of hydrogen-bond acceptors (Lipinski definition) is 13. The zero-order valence-electron chi connectivity index (χ0n) is 42.9. The molecule has 20 heteroatoms. The van der Waals surface area contributed by atoms with Crippen LogP contribution in [0, 0.1) is 24.0 Å². The Morgan fingerprint density at radius 1 is 0.948 bits per heavy atom. The number of aryl methyl sites for hydroxylation is 1. The van der Waals surface area contributed by atoms with E-state index in [2.05, 4.69) is 36.2 Å². The Morgan fingerprint density at radius 2 is 1.75 bits per heavy atom. The van der Waals surface area contributed by atoms with Gasteiger partial charge in [0.25, 0.3) is 0 Å². The maximum absolute atomic E-state index is 17.3. The van der Waals surface area contributed by atoms with Crippen molar-refractivity contribution in [1.29, 1.82) is 0 Å². The number of benzene rings is 3. The molecule has 3 amide bonds. The number of nitrogens with zero attached hydrogens (tertiary/aromatic N) is 9. The molecule has 7 atom stereocenters. The Hall–Kier alpha value is -7.05. The van der Waals surface area contributed by atoms with Gasteiger partial charge in [-0.25, -0.2) is 18.4 Å². The summed E-state index contributed by atoms with van der Waals surface area (Å²) in [6, 6.07) is 13.6. The molecule has 400 valence electrons. The number of nitrogens with one attached hydrogen (secondary N) is 2. The molecule has 5 unspecified atom stereocenters. The number of pyridine rings is 1. The number of para-hydroxylation sites is 1. The van der Waals surface area contributed by atoms with Crippen molar-refractivity contribution in [3.63, 3.8) is 0 Å². The van der Waals surface area contributed by atoms with Gasteiger partial charge in [0.15, 0.2) is 5.82 Å². The fraction of sp³-hybridized carbons (Fsp3) is 0.491. The third kappa shape index (κ3) is 8.57. The quantitative estimate of drug-likeness (QED) is 0.0977. The van der Waals surface area contributed by atoms with Gasteiger partial charge in [-0.2, -0.15) is 9.97 Å². The number of hydrogen-bond donors (Lipinski definition) is 3. The number of halogens is 2. The molecular formula is C57H61F2N11O7. The number of imidazole rings is 1. The van der Waals surface area contributed by atoms with Crippen LogP contribution in [0.3, 0.4) is 0 Å². The third-order valence-electron chi connectivity index (χ3n) is 18.0. The second-order valence-corrected chi connectivity index (χ2v) is 22.4. The van der Waals surface area contributed by atoms with E-state index in [1.807, 2.05) is 24.3 Å². The summed E-state index contributed by atoms with van der Waals surface area (Å²) in [6.45, 7) is 4.90. The van der Waals surface area contributed by atoms with Crippen molar-refractivity contribution in [1.82, 2.24) is 49.4 Å². The number of ether oxygens (including phenoxy) is 2. The molecule has 0 spiro atoms. The number of carbonyl (C=O) groups is 3. The largest absolute Gasteiger partial charge is 0.465 e. The molecule has 0 saturated carbocycles. The predicted octanol–water partition coefficient (Wildman–Crippen LogP) is 5.85. The SMILES string of the molecule is C#Cc1c(F)ccc2cccc(-c3ncc4c(N5CC6CCC(C5)N6)nc(OC[C@@]56CCCN5[C@H](CC5C(OC7CCN(Cc8cccc9c8n(C)c(=O)n9C8CCC(=O)NC8=O)CC7)CN5C(=O)O)CC6)nc4c3F)c12. The molecule has 7 aliphatic rings. The smallest absolute Gasteiger partial charge is 0.407 e. The summed E-state index contributed by atoms with van der Waals surface area (Å²) < 4.78 is 49.0. The van der Waals surface area contributed by atoms with E-state index < -0.39 is 29.7 Å². The number of carboxylic acid groups (broad SMARTS) is 1. The molecule has 0 radical (unpaired) electrons. The standard InChI is InChI=1S/C57H61F2N11O7/c1-3-38-41(58)14-11-32-7-4-9-39(47(32)38)49-48(59)50-40(26-60-49)52(67-28-34-12-13-35(29-67)61-34)64-54(63-50)76-31-57-20-6-22-69(57)36(17-21-57)25-44-45(30-68(44)56(74)75)77-37-18-23-66(24-19-37)27-33-8-5-10-42-51(33)65(2)55(73)70(42)43-15-16-46(71)62-53(43)72/h1,4-5,7-11,14,26,34-37,43-45,61H,6,12-13,15-25,27-31H2,2H3,(H,74,75)(H,62,71,72)/t34?,35?,36-,43?,44?,45?,57-/m0/s1. The summed E-state index contributed by atoms with van der Waals surface area (Å²) in [4.78, 5) is 73.9. The van der Waals surface area contributed by atoms with Gasteiger partial charge in [0.2, 0.25) is 11.8 Å². The van der Waals surface area contributed by atoms with Crippen molar-refractivity contribution in [3.8, 4) is 29.6 Å². The van der Waals surface area contributed by atoms with Gasteiger partial charge in [0, 0.05) is 81.5 Å². The Labute approximate surface area is 442 Å². The molecule has 3 aromatic heterocycles. The Bertz CT molecular complexity index is 3490. The lowest BCUT2D eigenvalue weighted by Crippen LogP contribution is -2.65. The maximum Gasteiger partial charge on any atom is 0.407 e. The van der Waals surface area contributed by atoms with Crippen LogP contribution in [-0.2, 0) is 27.9 Å². The van der Waals surface area contributed by atoms with Crippen LogP contribution in [-0.4, -0.2) is 150 Å². The van der Waals surface area contributed by atoms with Crippen molar-refractivity contribution < 1.29 is 37.7 Å². The van der Waals surface area contributed by atoms with Crippen molar-refractivity contribution in [2.75, 3.05) is 50.8 Å². The predicted molar refractivity (Wildman–Crippen MR) is 282 cm³/mol. The van der Waals surface area contributed by atoms with Gasteiger partial charge in [-0.3, -0.25) is 43.7 Å². The van der Waals surface area contributed by atoms with E-state index in [1.54, 1.807) is 36.0 Å². The third-order valence-corrected chi connectivity index (χ3v) is 18.0. The number of rotatable bonds is 12. The van der Waals surface area contributed by atoms with Gasteiger partial charge < -0.3 is 24.8 Å². The minimum Gasteiger partial charge on any atom is -0.465 e. The van der Waals surface area contributed by atoms with Crippen LogP contribution >= 0.6 is 0 Å². The fourth-order valence-corrected chi connectivity index (χ4v) is 14.2. The highest BCUT2D eigenvalue weighted by atomic mass is 19.1. The number of anilines is 1. The molecule has 3 N–H and O–H groups in total. The number of likely N-dealkylation sites (tertiary alicyclic amines) is 2. The topological polar surface area (TPSA) is 193 Å². The molecule has 3 aromatic carbocycles. The summed E-state index contributed by atoms with van der Waals surface area (Å²) in [6.07, 6.45) is 14.4. The molecule has 10 heterocycles. The van der Waals surface area contributed by atoms with E-state index in [0.29, 0.717) is 65.7 Å². The van der Waals surface area contributed by atoms with Crippen molar-refractivity contribution >= 4 is 56.4 Å². The Kier molecular flexibility index (Phi) is 12.5. The van der Waals surface area contributed by atoms with Gasteiger partial charge >= 0.3 is 17.8 Å². The zero-order chi connectivity index (χ0) is 52.9. The van der Waals surface area contributed by atoms with Crippen LogP contribution in [0.4, 0.5) is 19.4 Å². The second kappa shape index (κ2) is 19.4. The van der Waals surface area contributed by atoms with E-state index in [4.69, 9.17) is 25.9 Å². The molecular weight excluding hydrogens is 989 g/mol. The Balaban J connectivity index is 0.699. The number of fused-ring (bicyclic) bond motifs is 6. The number of imide groups is 1. The minimum absolute atomic E-state index is 0.000938. The van der Waals surface area contributed by atoms with Crippen molar-refractivity contribution in [2.24, 2.45) is 7.05 Å². The van der Waals surface area contributed by atoms with Gasteiger partial charge in [0.05, 0.1) is 52.3 Å². The van der Waals surface area contributed by atoms with Crippen LogP contribution in [0.15, 0.2) is 59.5 Å². The number of carbonyl (C=O) groups excluding carboxylic acids is 2. The average Bonchev–Trinajstić information content (AvgIpc) is 4.16. The van der Waals surface area contributed by atoms with Gasteiger partial charge in [-0.15, -0.1) is 6.42 Å². The van der Waals surface area contributed by atoms with E-state index in [0.717, 1.165) is 82.1 Å². The molecule has 6 aromatic rings. The minimum atomic E-state index is -0.954. The molecule has 7 aliphatic heterocycles. The van der Waals surface area contributed by atoms with Crippen LogP contribution < -0.4 is 26.0 Å². The lowest BCUT2D eigenvalue weighted by atomic mass is 9.91. The molecule has 7 saturated heterocycles. The molecule has 77 heavy (non-hydrogen) atoms. The van der Waals surface area contributed by atoms with E-state index in [1.165, 1.54) is 15.5 Å². The van der Waals surface area contributed by atoms with Crippen LogP contribution in [0.5, 0.6) is 6.01 Å². The number of aromatic nitrogens is 5. The average molecular weight is 1050 g/mol. The van der Waals surface area contributed by atoms with Crippen LogP contribution in [0.1, 0.15) is 87.8 Å². The molecule has 0 aliphatic carbocycles. The van der Waals surface area contributed by atoms with Gasteiger partial charge in [0.1, 0.15) is 35.5 Å². The lowest BCUT2D eigenvalue weighted by Gasteiger charge is -2.49. The van der Waals surface area contributed by atoms with Gasteiger partial charge in [-0.05, 0) is 93.8 Å². The number of amides is 3. The van der Waals surface area contributed by atoms with E-state index in [-0.39, 0.29) is 95.7 Å². The fourth-order valence-electron chi connectivity index (χ4n) is 14.2.